The second-order valence-corrected chi connectivity index (χ2v) is 11.1. The summed E-state index contributed by atoms with van der Waals surface area (Å²) in [5.74, 6) is 0.281. The second kappa shape index (κ2) is 10.3. The number of hydrogen-bond acceptors (Lipinski definition) is 3. The maximum Gasteiger partial charge on any atom is 0.248 e. The van der Waals surface area contributed by atoms with Gasteiger partial charge >= 0.3 is 0 Å². The number of carbonyl (C=O) groups excluding carboxylic acids is 2. The predicted molar refractivity (Wildman–Crippen MR) is 136 cm³/mol. The second-order valence-electron chi connectivity index (χ2n) is 11.1. The fourth-order valence-electron chi connectivity index (χ4n) is 5.95. The number of nitrogens with two attached hydrogens (primary N) is 1. The van der Waals surface area contributed by atoms with Gasteiger partial charge in [0, 0.05) is 42.7 Å². The highest BCUT2D eigenvalue weighted by atomic mass is 16.2. The van der Waals surface area contributed by atoms with Gasteiger partial charge in [-0.15, -0.1) is 0 Å². The average molecular weight is 462 g/mol. The molecule has 2 heterocycles. The van der Waals surface area contributed by atoms with Crippen molar-refractivity contribution >= 4 is 11.8 Å². The van der Waals surface area contributed by atoms with Crippen LogP contribution in [0.25, 0.3) is 0 Å². The number of fused-ring (bicyclic) bond motifs is 2. The molecule has 182 valence electrons. The first kappa shape index (κ1) is 24.5. The van der Waals surface area contributed by atoms with E-state index in [2.05, 4.69) is 23.1 Å². The third-order valence-corrected chi connectivity index (χ3v) is 7.54. The number of rotatable bonds is 8. The van der Waals surface area contributed by atoms with Gasteiger partial charge in [-0.1, -0.05) is 69.3 Å². The van der Waals surface area contributed by atoms with Crippen molar-refractivity contribution in [2.45, 2.75) is 77.4 Å². The summed E-state index contributed by atoms with van der Waals surface area (Å²) in [6, 6.07) is 19.2. The molecule has 34 heavy (non-hydrogen) atoms. The van der Waals surface area contributed by atoms with Crippen LogP contribution in [-0.4, -0.2) is 46.8 Å². The molecule has 0 aliphatic carbocycles. The molecule has 2 aromatic rings. The summed E-state index contributed by atoms with van der Waals surface area (Å²) in [4.78, 5) is 29.8. The Morgan fingerprint density at radius 2 is 1.59 bits per heavy atom. The smallest absolute Gasteiger partial charge is 0.248 e. The van der Waals surface area contributed by atoms with E-state index < -0.39 is 0 Å². The first-order valence-corrected chi connectivity index (χ1v) is 12.7. The van der Waals surface area contributed by atoms with Crippen LogP contribution < -0.4 is 5.73 Å². The van der Waals surface area contributed by atoms with E-state index in [0.717, 1.165) is 37.9 Å². The summed E-state index contributed by atoms with van der Waals surface area (Å²) in [6.07, 6.45) is 5.57. The van der Waals surface area contributed by atoms with Crippen LogP contribution in [0.4, 0.5) is 0 Å². The van der Waals surface area contributed by atoms with Crippen LogP contribution >= 0.6 is 0 Å². The lowest BCUT2D eigenvalue weighted by Gasteiger charge is -2.40. The van der Waals surface area contributed by atoms with Crippen LogP contribution in [0.1, 0.15) is 80.3 Å². The summed E-state index contributed by atoms with van der Waals surface area (Å²) >= 11 is 0. The molecule has 0 saturated carbocycles. The molecule has 2 unspecified atom stereocenters. The number of amides is 2. The summed E-state index contributed by atoms with van der Waals surface area (Å²) in [5.41, 5.74) is 8.24. The van der Waals surface area contributed by atoms with E-state index in [1.807, 2.05) is 62.1 Å². The fraction of sp³-hybridized carbons (Fsp3) is 0.517. The van der Waals surface area contributed by atoms with Crippen LogP contribution in [0, 0.1) is 5.41 Å². The third kappa shape index (κ3) is 5.52. The third-order valence-electron chi connectivity index (χ3n) is 7.54. The van der Waals surface area contributed by atoms with Gasteiger partial charge in [-0.2, -0.15) is 0 Å². The van der Waals surface area contributed by atoms with Crippen LogP contribution in [0.2, 0.25) is 0 Å². The topological polar surface area (TPSA) is 66.6 Å². The van der Waals surface area contributed by atoms with Crippen molar-refractivity contribution in [1.29, 1.82) is 0 Å². The quantitative estimate of drug-likeness (QED) is 0.604. The lowest BCUT2D eigenvalue weighted by Crippen LogP contribution is -2.45. The van der Waals surface area contributed by atoms with E-state index in [9.17, 15) is 9.59 Å². The number of piperidine rings is 1. The molecule has 2 fully saturated rings. The minimum Gasteiger partial charge on any atom is -0.366 e. The molecule has 2 aromatic carbocycles. The standard InChI is InChI=1S/C29H39N3O2/c1-29(2,3)28(34)31(20-21-10-5-4-6-11-21)16-9-17-32-23-14-15-24(32)19-22(18-23)25-12-7-8-13-26(25)27(30)33/h4-8,10-13,22-24H,9,14-20H2,1-3H3,(H2,30,33). The molecule has 5 heteroatoms. The zero-order chi connectivity index (χ0) is 24.3. The predicted octanol–water partition coefficient (Wildman–Crippen LogP) is 4.96. The van der Waals surface area contributed by atoms with Crippen molar-refractivity contribution in [3.63, 3.8) is 0 Å². The largest absolute Gasteiger partial charge is 0.366 e. The van der Waals surface area contributed by atoms with E-state index in [-0.39, 0.29) is 17.2 Å². The SMILES string of the molecule is CC(C)(C)C(=O)N(CCCN1C2CCC1CC(c1ccccc1C(N)=O)C2)Cc1ccccc1. The molecule has 0 aromatic heterocycles. The Morgan fingerprint density at radius 1 is 0.971 bits per heavy atom. The van der Waals surface area contributed by atoms with Crippen LogP contribution in [0.3, 0.4) is 0 Å². The summed E-state index contributed by atoms with van der Waals surface area (Å²) in [6.45, 7) is 8.46. The number of primary amides is 1. The molecule has 2 amide bonds. The summed E-state index contributed by atoms with van der Waals surface area (Å²) in [5, 5.41) is 0. The molecule has 2 saturated heterocycles. The molecular formula is C29H39N3O2. The molecule has 0 spiro atoms. The van der Waals surface area contributed by atoms with Crippen molar-refractivity contribution in [2.75, 3.05) is 13.1 Å². The van der Waals surface area contributed by atoms with E-state index in [1.54, 1.807) is 0 Å². The monoisotopic (exact) mass is 461 g/mol. The summed E-state index contributed by atoms with van der Waals surface area (Å²) < 4.78 is 0. The lowest BCUT2D eigenvalue weighted by atomic mass is 9.82. The van der Waals surface area contributed by atoms with Gasteiger partial charge in [-0.25, -0.2) is 0 Å². The maximum atomic E-state index is 13.2. The average Bonchev–Trinajstić information content (AvgIpc) is 3.04. The Kier molecular flexibility index (Phi) is 7.42. The lowest BCUT2D eigenvalue weighted by molar-refractivity contribution is -0.140. The Hall–Kier alpha value is -2.66. The Balaban J connectivity index is 1.38. The van der Waals surface area contributed by atoms with Gasteiger partial charge in [0.2, 0.25) is 11.8 Å². The summed E-state index contributed by atoms with van der Waals surface area (Å²) in [7, 11) is 0. The highest BCUT2D eigenvalue weighted by Gasteiger charge is 2.41. The number of hydrogen-bond donors (Lipinski definition) is 1. The normalized spacial score (nSPS) is 22.5. The van der Waals surface area contributed by atoms with E-state index >= 15 is 0 Å². The molecule has 2 aliphatic rings. The molecule has 4 rings (SSSR count). The fourth-order valence-corrected chi connectivity index (χ4v) is 5.95. The van der Waals surface area contributed by atoms with Crippen molar-refractivity contribution < 1.29 is 9.59 Å². The maximum absolute atomic E-state index is 13.2. The van der Waals surface area contributed by atoms with Crippen molar-refractivity contribution in [1.82, 2.24) is 9.80 Å². The molecular weight excluding hydrogens is 422 g/mol. The van der Waals surface area contributed by atoms with E-state index in [4.69, 9.17) is 5.73 Å². The van der Waals surface area contributed by atoms with Crippen LogP contribution in [0.15, 0.2) is 54.6 Å². The molecule has 0 radical (unpaired) electrons. The van der Waals surface area contributed by atoms with Gasteiger partial charge in [0.25, 0.3) is 0 Å². The molecule has 5 nitrogen and oxygen atoms in total. The first-order chi connectivity index (χ1) is 16.2. The van der Waals surface area contributed by atoms with Crippen molar-refractivity contribution in [2.24, 2.45) is 11.1 Å². The first-order valence-electron chi connectivity index (χ1n) is 12.7. The van der Waals surface area contributed by atoms with Gasteiger partial charge in [0.1, 0.15) is 0 Å². The minimum absolute atomic E-state index is 0.209. The number of benzene rings is 2. The molecule has 2 N–H and O–H groups in total. The van der Waals surface area contributed by atoms with Crippen molar-refractivity contribution in [3.8, 4) is 0 Å². The zero-order valence-corrected chi connectivity index (χ0v) is 20.9. The van der Waals surface area contributed by atoms with Gasteiger partial charge in [0.15, 0.2) is 0 Å². The molecule has 2 atom stereocenters. The van der Waals surface area contributed by atoms with Gasteiger partial charge in [-0.3, -0.25) is 14.5 Å². The van der Waals surface area contributed by atoms with Crippen molar-refractivity contribution in [3.05, 3.63) is 71.3 Å². The highest BCUT2D eigenvalue weighted by molar-refractivity contribution is 5.94. The molecule has 2 aliphatic heterocycles. The van der Waals surface area contributed by atoms with Crippen LogP contribution in [0.5, 0.6) is 0 Å². The number of nitrogens with zero attached hydrogens (tertiary/aromatic N) is 2. The Morgan fingerprint density at radius 3 is 2.21 bits per heavy atom. The Bertz CT molecular complexity index is 984. The minimum atomic E-state index is -0.389. The van der Waals surface area contributed by atoms with E-state index in [1.165, 1.54) is 18.4 Å². The zero-order valence-electron chi connectivity index (χ0n) is 20.9. The number of carbonyl (C=O) groups is 2. The Labute approximate surface area is 204 Å². The molecule has 2 bridgehead atoms. The highest BCUT2D eigenvalue weighted by Crippen LogP contribution is 2.43. The van der Waals surface area contributed by atoms with E-state index in [0.29, 0.717) is 30.1 Å². The van der Waals surface area contributed by atoms with Crippen LogP contribution in [-0.2, 0) is 11.3 Å². The van der Waals surface area contributed by atoms with Gasteiger partial charge in [-0.05, 0) is 55.2 Å². The van der Waals surface area contributed by atoms with Gasteiger partial charge in [0.05, 0.1) is 0 Å². The van der Waals surface area contributed by atoms with Gasteiger partial charge < -0.3 is 10.6 Å².